The zero-order valence-corrected chi connectivity index (χ0v) is 8.65. The minimum absolute atomic E-state index is 0.0137. The van der Waals surface area contributed by atoms with Crippen molar-refractivity contribution in [3.63, 3.8) is 0 Å². The van der Waals surface area contributed by atoms with Crippen LogP contribution in [0.2, 0.25) is 0 Å². The lowest BCUT2D eigenvalue weighted by molar-refractivity contribution is 0.0922. The molecule has 0 aliphatic rings. The van der Waals surface area contributed by atoms with Crippen LogP contribution in [0.15, 0.2) is 18.3 Å². The van der Waals surface area contributed by atoms with E-state index in [0.29, 0.717) is 0 Å². The highest BCUT2D eigenvalue weighted by atomic mass is 16.2. The Balaban J connectivity index is 3.03. The van der Waals surface area contributed by atoms with Crippen LogP contribution in [0.1, 0.15) is 34.7 Å². The van der Waals surface area contributed by atoms with E-state index in [2.05, 4.69) is 10.3 Å². The average Bonchev–Trinajstić information content (AvgIpc) is 2.16. The predicted octanol–water partition coefficient (Wildman–Crippen LogP) is 0.319. The van der Waals surface area contributed by atoms with Gasteiger partial charge in [-0.25, -0.2) is 0 Å². The molecule has 0 radical (unpaired) electrons. The second-order valence-corrected chi connectivity index (χ2v) is 3.39. The first kappa shape index (κ1) is 11.2. The Morgan fingerprint density at radius 2 is 2.13 bits per heavy atom. The highest BCUT2D eigenvalue weighted by Gasteiger charge is 2.16. The number of carbonyl (C=O) groups excluding carboxylic acids is 2. The van der Waals surface area contributed by atoms with Crippen molar-refractivity contribution in [1.82, 2.24) is 10.3 Å². The number of hydrogen-bond donors (Lipinski definition) is 2. The van der Waals surface area contributed by atoms with Crippen molar-refractivity contribution in [2.45, 2.75) is 19.9 Å². The van der Waals surface area contributed by atoms with Gasteiger partial charge in [0, 0.05) is 12.2 Å². The van der Waals surface area contributed by atoms with Gasteiger partial charge in [-0.1, -0.05) is 0 Å². The molecule has 0 aromatic carbocycles. The molecule has 0 bridgehead atoms. The average molecular weight is 207 g/mol. The summed E-state index contributed by atoms with van der Waals surface area (Å²) in [5.74, 6) is -1.04. The van der Waals surface area contributed by atoms with Gasteiger partial charge in [-0.2, -0.15) is 0 Å². The lowest BCUT2D eigenvalue weighted by atomic mass is 10.1. The molecule has 0 aliphatic heterocycles. The molecule has 0 spiro atoms. The summed E-state index contributed by atoms with van der Waals surface area (Å²) >= 11 is 0. The van der Waals surface area contributed by atoms with Crippen LogP contribution in [0.5, 0.6) is 0 Å². The molecular formula is C10H13N3O2. The first-order chi connectivity index (χ1) is 7.02. The minimum Gasteiger partial charge on any atom is -0.366 e. The molecule has 2 amide bonds. The summed E-state index contributed by atoms with van der Waals surface area (Å²) in [6.45, 7) is 3.65. The summed E-state index contributed by atoms with van der Waals surface area (Å²) < 4.78 is 0. The summed E-state index contributed by atoms with van der Waals surface area (Å²) in [5, 5.41) is 2.65. The normalized spacial score (nSPS) is 10.1. The number of rotatable bonds is 3. The van der Waals surface area contributed by atoms with Gasteiger partial charge in [0.25, 0.3) is 11.8 Å². The molecule has 0 unspecified atom stereocenters. The molecule has 0 saturated heterocycles. The molecular weight excluding hydrogens is 194 g/mol. The summed E-state index contributed by atoms with van der Waals surface area (Å²) in [4.78, 5) is 26.5. The Morgan fingerprint density at radius 1 is 1.47 bits per heavy atom. The fourth-order valence-corrected chi connectivity index (χ4v) is 1.12. The van der Waals surface area contributed by atoms with Crippen molar-refractivity contribution >= 4 is 11.8 Å². The molecule has 0 fully saturated rings. The molecule has 80 valence electrons. The van der Waals surface area contributed by atoms with Gasteiger partial charge in [0.2, 0.25) is 0 Å². The van der Waals surface area contributed by atoms with Crippen LogP contribution in [0, 0.1) is 0 Å². The predicted molar refractivity (Wildman–Crippen MR) is 55.4 cm³/mol. The van der Waals surface area contributed by atoms with E-state index in [9.17, 15) is 9.59 Å². The lowest BCUT2D eigenvalue weighted by Crippen LogP contribution is -2.32. The third-order valence-corrected chi connectivity index (χ3v) is 1.71. The van der Waals surface area contributed by atoms with Gasteiger partial charge < -0.3 is 11.1 Å². The van der Waals surface area contributed by atoms with Crippen LogP contribution in [-0.4, -0.2) is 22.8 Å². The van der Waals surface area contributed by atoms with Gasteiger partial charge in [0.15, 0.2) is 0 Å². The Labute approximate surface area is 87.7 Å². The van der Waals surface area contributed by atoms with E-state index in [4.69, 9.17) is 5.73 Å². The third-order valence-electron chi connectivity index (χ3n) is 1.71. The highest BCUT2D eigenvalue weighted by Crippen LogP contribution is 2.04. The van der Waals surface area contributed by atoms with Crippen molar-refractivity contribution in [3.05, 3.63) is 29.6 Å². The van der Waals surface area contributed by atoms with Gasteiger partial charge in [0.05, 0.1) is 5.56 Å². The van der Waals surface area contributed by atoms with Crippen molar-refractivity contribution < 1.29 is 9.59 Å². The zero-order valence-electron chi connectivity index (χ0n) is 8.65. The summed E-state index contributed by atoms with van der Waals surface area (Å²) in [7, 11) is 0. The van der Waals surface area contributed by atoms with Crippen molar-refractivity contribution in [3.8, 4) is 0 Å². The third kappa shape index (κ3) is 2.77. The maximum Gasteiger partial charge on any atom is 0.270 e. The second-order valence-electron chi connectivity index (χ2n) is 3.39. The number of nitrogens with one attached hydrogen (secondary N) is 1. The molecule has 0 saturated carbocycles. The van der Waals surface area contributed by atoms with Crippen molar-refractivity contribution in [1.29, 1.82) is 0 Å². The molecule has 1 rings (SSSR count). The van der Waals surface area contributed by atoms with Crippen LogP contribution in [0.25, 0.3) is 0 Å². The summed E-state index contributed by atoms with van der Waals surface area (Å²) in [6, 6.07) is 3.02. The molecule has 5 heteroatoms. The SMILES string of the molecule is CC(C)NC(=O)c1ncccc1C(N)=O. The topological polar surface area (TPSA) is 85.1 Å². The van der Waals surface area contributed by atoms with Gasteiger partial charge in [-0.3, -0.25) is 14.6 Å². The second kappa shape index (κ2) is 4.54. The Hall–Kier alpha value is -1.91. The maximum absolute atomic E-state index is 11.6. The monoisotopic (exact) mass is 207 g/mol. The van der Waals surface area contributed by atoms with E-state index in [1.54, 1.807) is 6.07 Å². The number of pyridine rings is 1. The Bertz CT molecular complexity index is 388. The number of carbonyl (C=O) groups is 2. The fourth-order valence-electron chi connectivity index (χ4n) is 1.12. The molecule has 0 aliphatic carbocycles. The van der Waals surface area contributed by atoms with E-state index in [1.807, 2.05) is 13.8 Å². The minimum atomic E-state index is -0.656. The molecule has 3 N–H and O–H groups in total. The first-order valence-corrected chi connectivity index (χ1v) is 4.58. The van der Waals surface area contributed by atoms with Crippen LogP contribution in [0.3, 0.4) is 0 Å². The lowest BCUT2D eigenvalue weighted by Gasteiger charge is -2.09. The van der Waals surface area contributed by atoms with Gasteiger partial charge >= 0.3 is 0 Å². The molecule has 0 atom stereocenters. The summed E-state index contributed by atoms with van der Waals surface area (Å²) in [5.41, 5.74) is 5.33. The molecule has 15 heavy (non-hydrogen) atoms. The fraction of sp³-hybridized carbons (Fsp3) is 0.300. The molecule has 1 aromatic heterocycles. The van der Waals surface area contributed by atoms with Crippen molar-refractivity contribution in [2.75, 3.05) is 0 Å². The number of aromatic nitrogens is 1. The smallest absolute Gasteiger partial charge is 0.270 e. The number of hydrogen-bond acceptors (Lipinski definition) is 3. The van der Waals surface area contributed by atoms with Crippen LogP contribution < -0.4 is 11.1 Å². The number of primary amides is 1. The Morgan fingerprint density at radius 3 is 2.67 bits per heavy atom. The van der Waals surface area contributed by atoms with Gasteiger partial charge in [0.1, 0.15) is 5.69 Å². The maximum atomic E-state index is 11.6. The number of nitrogens with two attached hydrogens (primary N) is 1. The van der Waals surface area contributed by atoms with E-state index in [0.717, 1.165) is 0 Å². The van der Waals surface area contributed by atoms with Crippen LogP contribution in [0.4, 0.5) is 0 Å². The van der Waals surface area contributed by atoms with E-state index >= 15 is 0 Å². The number of nitrogens with zero attached hydrogens (tertiary/aromatic N) is 1. The Kier molecular flexibility index (Phi) is 3.38. The first-order valence-electron chi connectivity index (χ1n) is 4.58. The zero-order chi connectivity index (χ0) is 11.4. The quantitative estimate of drug-likeness (QED) is 0.748. The standard InChI is InChI=1S/C10H13N3O2/c1-6(2)13-10(15)8-7(9(11)14)4-3-5-12-8/h3-6H,1-2H3,(H2,11,14)(H,13,15). The van der Waals surface area contributed by atoms with Crippen LogP contribution in [-0.2, 0) is 0 Å². The van der Waals surface area contributed by atoms with Gasteiger partial charge in [-0.05, 0) is 26.0 Å². The largest absolute Gasteiger partial charge is 0.366 e. The van der Waals surface area contributed by atoms with E-state index in [1.165, 1.54) is 12.3 Å². The van der Waals surface area contributed by atoms with Gasteiger partial charge in [-0.15, -0.1) is 0 Å². The van der Waals surface area contributed by atoms with E-state index < -0.39 is 5.91 Å². The van der Waals surface area contributed by atoms with Crippen LogP contribution >= 0.6 is 0 Å². The molecule has 1 aromatic rings. The number of amides is 2. The van der Waals surface area contributed by atoms with Crippen molar-refractivity contribution in [2.24, 2.45) is 5.73 Å². The molecule has 5 nitrogen and oxygen atoms in total. The van der Waals surface area contributed by atoms with E-state index in [-0.39, 0.29) is 23.2 Å². The molecule has 1 heterocycles. The summed E-state index contributed by atoms with van der Waals surface area (Å²) in [6.07, 6.45) is 1.45. The highest BCUT2D eigenvalue weighted by molar-refractivity contribution is 6.05.